The van der Waals surface area contributed by atoms with Crippen molar-refractivity contribution in [1.82, 2.24) is 9.97 Å². The SMILES string of the molecule is Cc1cc(N(C)CCCC2CCCO2)nc(N)n1. The summed E-state index contributed by atoms with van der Waals surface area (Å²) in [6, 6.07) is 1.96. The van der Waals surface area contributed by atoms with Crippen LogP contribution in [0.5, 0.6) is 0 Å². The van der Waals surface area contributed by atoms with E-state index in [1.165, 1.54) is 12.8 Å². The molecule has 0 radical (unpaired) electrons. The number of nitrogens with zero attached hydrogens (tertiary/aromatic N) is 3. The van der Waals surface area contributed by atoms with Gasteiger partial charge >= 0.3 is 0 Å². The van der Waals surface area contributed by atoms with Crippen LogP contribution >= 0.6 is 0 Å². The van der Waals surface area contributed by atoms with Crippen LogP contribution in [0.25, 0.3) is 0 Å². The number of aryl methyl sites for hydroxylation is 1. The Kier molecular flexibility index (Phi) is 4.36. The molecule has 1 aromatic heterocycles. The lowest BCUT2D eigenvalue weighted by molar-refractivity contribution is 0.103. The van der Waals surface area contributed by atoms with E-state index in [9.17, 15) is 0 Å². The topological polar surface area (TPSA) is 64.3 Å². The van der Waals surface area contributed by atoms with Gasteiger partial charge in [-0.1, -0.05) is 0 Å². The highest BCUT2D eigenvalue weighted by molar-refractivity contribution is 5.42. The van der Waals surface area contributed by atoms with Gasteiger partial charge in [-0.2, -0.15) is 4.98 Å². The zero-order valence-corrected chi connectivity index (χ0v) is 11.2. The van der Waals surface area contributed by atoms with Gasteiger partial charge in [0.1, 0.15) is 5.82 Å². The van der Waals surface area contributed by atoms with E-state index in [-0.39, 0.29) is 0 Å². The predicted octanol–water partition coefficient (Wildman–Crippen LogP) is 1.76. The summed E-state index contributed by atoms with van der Waals surface area (Å²) in [6.45, 7) is 3.83. The molecule has 0 saturated carbocycles. The molecule has 1 unspecified atom stereocenters. The number of ether oxygens (including phenoxy) is 1. The lowest BCUT2D eigenvalue weighted by atomic mass is 10.1. The molecule has 1 saturated heterocycles. The van der Waals surface area contributed by atoms with Gasteiger partial charge in [0.25, 0.3) is 0 Å². The fourth-order valence-electron chi connectivity index (χ4n) is 2.31. The minimum atomic E-state index is 0.343. The van der Waals surface area contributed by atoms with Gasteiger partial charge in [-0.25, -0.2) is 4.98 Å². The molecule has 5 heteroatoms. The molecule has 0 aromatic carbocycles. The molecule has 2 rings (SSSR count). The number of hydrogen-bond acceptors (Lipinski definition) is 5. The highest BCUT2D eigenvalue weighted by atomic mass is 16.5. The van der Waals surface area contributed by atoms with E-state index in [1.54, 1.807) is 0 Å². The van der Waals surface area contributed by atoms with Crippen LogP contribution in [0.15, 0.2) is 6.07 Å². The summed E-state index contributed by atoms with van der Waals surface area (Å²) in [5.74, 6) is 1.24. The summed E-state index contributed by atoms with van der Waals surface area (Å²) in [6.07, 6.45) is 5.13. The van der Waals surface area contributed by atoms with E-state index in [1.807, 2.05) is 20.0 Å². The Bertz CT molecular complexity index is 370. The summed E-state index contributed by atoms with van der Waals surface area (Å²) in [4.78, 5) is 10.5. The van der Waals surface area contributed by atoms with E-state index in [0.29, 0.717) is 12.1 Å². The van der Waals surface area contributed by atoms with Crippen LogP contribution in [0.1, 0.15) is 31.4 Å². The summed E-state index contributed by atoms with van der Waals surface area (Å²) in [5.41, 5.74) is 6.56. The average Bonchev–Trinajstić information content (AvgIpc) is 2.80. The largest absolute Gasteiger partial charge is 0.378 e. The van der Waals surface area contributed by atoms with Crippen molar-refractivity contribution in [3.05, 3.63) is 11.8 Å². The third kappa shape index (κ3) is 3.57. The van der Waals surface area contributed by atoms with Gasteiger partial charge in [0.05, 0.1) is 6.10 Å². The molecule has 0 amide bonds. The third-order valence-electron chi connectivity index (χ3n) is 3.29. The van der Waals surface area contributed by atoms with E-state index in [4.69, 9.17) is 10.5 Å². The maximum atomic E-state index is 5.66. The fourth-order valence-corrected chi connectivity index (χ4v) is 2.31. The second-order valence-electron chi connectivity index (χ2n) is 4.92. The van der Waals surface area contributed by atoms with Gasteiger partial charge in [0.15, 0.2) is 0 Å². The Labute approximate surface area is 108 Å². The smallest absolute Gasteiger partial charge is 0.222 e. The van der Waals surface area contributed by atoms with Gasteiger partial charge in [-0.05, 0) is 32.6 Å². The molecule has 1 atom stereocenters. The van der Waals surface area contributed by atoms with E-state index in [2.05, 4.69) is 14.9 Å². The monoisotopic (exact) mass is 250 g/mol. The zero-order valence-electron chi connectivity index (χ0n) is 11.2. The molecule has 0 bridgehead atoms. The van der Waals surface area contributed by atoms with Crippen molar-refractivity contribution < 1.29 is 4.74 Å². The number of hydrogen-bond donors (Lipinski definition) is 1. The van der Waals surface area contributed by atoms with Crippen molar-refractivity contribution in [1.29, 1.82) is 0 Å². The van der Waals surface area contributed by atoms with Crippen LogP contribution in [0.3, 0.4) is 0 Å². The van der Waals surface area contributed by atoms with Crippen molar-refractivity contribution in [3.63, 3.8) is 0 Å². The van der Waals surface area contributed by atoms with Gasteiger partial charge in [0, 0.05) is 32.0 Å². The highest BCUT2D eigenvalue weighted by Gasteiger charge is 2.15. The Morgan fingerprint density at radius 2 is 2.33 bits per heavy atom. The van der Waals surface area contributed by atoms with Gasteiger partial charge in [0.2, 0.25) is 5.95 Å². The van der Waals surface area contributed by atoms with Crippen LogP contribution in [-0.4, -0.2) is 36.3 Å². The van der Waals surface area contributed by atoms with Gasteiger partial charge in [-0.15, -0.1) is 0 Å². The van der Waals surface area contributed by atoms with E-state index >= 15 is 0 Å². The minimum Gasteiger partial charge on any atom is -0.378 e. The number of anilines is 2. The zero-order chi connectivity index (χ0) is 13.0. The molecule has 1 aliphatic heterocycles. The average molecular weight is 250 g/mol. The van der Waals surface area contributed by atoms with Crippen molar-refractivity contribution in [2.45, 2.75) is 38.7 Å². The van der Waals surface area contributed by atoms with Crippen LogP contribution in [0.4, 0.5) is 11.8 Å². The summed E-state index contributed by atoms with van der Waals surface area (Å²) < 4.78 is 5.61. The Balaban J connectivity index is 1.81. The fraction of sp³-hybridized carbons (Fsp3) is 0.692. The lowest BCUT2D eigenvalue weighted by Crippen LogP contribution is -2.21. The molecule has 0 aliphatic carbocycles. The maximum Gasteiger partial charge on any atom is 0.222 e. The maximum absolute atomic E-state index is 5.66. The first-order valence-corrected chi connectivity index (χ1v) is 6.59. The predicted molar refractivity (Wildman–Crippen MR) is 72.7 cm³/mol. The first-order valence-electron chi connectivity index (χ1n) is 6.59. The molecule has 1 aliphatic rings. The summed E-state index contributed by atoms with van der Waals surface area (Å²) >= 11 is 0. The van der Waals surface area contributed by atoms with Crippen LogP contribution in [0.2, 0.25) is 0 Å². The lowest BCUT2D eigenvalue weighted by Gasteiger charge is -2.19. The standard InChI is InChI=1S/C13H22N4O/c1-10-9-12(16-13(14)15-10)17(2)7-3-5-11-6-4-8-18-11/h9,11H,3-8H2,1-2H3,(H2,14,15,16). The molecular formula is C13H22N4O. The Morgan fingerprint density at radius 3 is 3.00 bits per heavy atom. The summed E-state index contributed by atoms with van der Waals surface area (Å²) in [7, 11) is 2.04. The van der Waals surface area contributed by atoms with Crippen LogP contribution in [-0.2, 0) is 4.74 Å². The van der Waals surface area contributed by atoms with E-state index < -0.39 is 0 Å². The third-order valence-corrected chi connectivity index (χ3v) is 3.29. The molecular weight excluding hydrogens is 228 g/mol. The molecule has 1 aromatic rings. The molecule has 18 heavy (non-hydrogen) atoms. The Hall–Kier alpha value is -1.36. The Morgan fingerprint density at radius 1 is 1.50 bits per heavy atom. The highest BCUT2D eigenvalue weighted by Crippen LogP contribution is 2.18. The second kappa shape index (κ2) is 6.00. The normalized spacial score (nSPS) is 19.1. The molecule has 2 N–H and O–H groups in total. The molecule has 1 fully saturated rings. The summed E-state index contributed by atoms with van der Waals surface area (Å²) in [5, 5.41) is 0. The quantitative estimate of drug-likeness (QED) is 0.862. The van der Waals surface area contributed by atoms with Crippen molar-refractivity contribution in [2.24, 2.45) is 0 Å². The van der Waals surface area contributed by atoms with Gasteiger partial charge in [-0.3, -0.25) is 0 Å². The number of aromatic nitrogens is 2. The molecule has 5 nitrogen and oxygen atoms in total. The molecule has 100 valence electrons. The van der Waals surface area contributed by atoms with Crippen molar-refractivity contribution in [2.75, 3.05) is 30.8 Å². The van der Waals surface area contributed by atoms with Crippen LogP contribution in [0, 0.1) is 6.92 Å². The second-order valence-corrected chi connectivity index (χ2v) is 4.92. The van der Waals surface area contributed by atoms with Crippen molar-refractivity contribution >= 4 is 11.8 Å². The van der Waals surface area contributed by atoms with Crippen LogP contribution < -0.4 is 10.6 Å². The molecule has 0 spiro atoms. The number of nitrogens with two attached hydrogens (primary N) is 1. The first kappa shape index (κ1) is 13.1. The number of nitrogen functional groups attached to an aromatic ring is 1. The minimum absolute atomic E-state index is 0.343. The molecule has 2 heterocycles. The van der Waals surface area contributed by atoms with Gasteiger partial charge < -0.3 is 15.4 Å². The van der Waals surface area contributed by atoms with E-state index in [0.717, 1.165) is 37.5 Å². The number of rotatable bonds is 5. The first-order chi connectivity index (χ1) is 8.65. The van der Waals surface area contributed by atoms with Crippen molar-refractivity contribution in [3.8, 4) is 0 Å².